The van der Waals surface area contributed by atoms with Crippen molar-refractivity contribution in [3.05, 3.63) is 9.81 Å². The number of rotatable bonds is 5. The van der Waals surface area contributed by atoms with E-state index in [-0.39, 0.29) is 6.04 Å². The van der Waals surface area contributed by atoms with Gasteiger partial charge >= 0.3 is 0 Å². The average molecular weight is 208 g/mol. The molecule has 1 N–H and O–H groups in total. The molecule has 0 heterocycles. The van der Waals surface area contributed by atoms with Crippen LogP contribution in [0.2, 0.25) is 0 Å². The van der Waals surface area contributed by atoms with Crippen LogP contribution in [0.5, 0.6) is 0 Å². The molecule has 0 radical (unpaired) electrons. The van der Waals surface area contributed by atoms with Crippen LogP contribution in [0.25, 0.3) is 0 Å². The Morgan fingerprint density at radius 3 is 2.15 bits per heavy atom. The van der Waals surface area contributed by atoms with Gasteiger partial charge in [-0.15, -0.1) is 9.81 Å². The van der Waals surface area contributed by atoms with Gasteiger partial charge in [0.1, 0.15) is 0 Å². The fraction of sp³-hybridized carbons (Fsp3) is 0.833. The maximum Gasteiger partial charge on any atom is 0.252 e. The fourth-order valence-corrected chi connectivity index (χ4v) is 0.811. The standard InChI is InChI=1S/C6H10ClN3O3/c1-3(2)8-6(11)4(9-12)5(7)10-13/h3-5H,1-2H3,(H,8,11). The van der Waals surface area contributed by atoms with Gasteiger partial charge in [-0.3, -0.25) is 4.79 Å². The molecule has 0 aromatic rings. The number of hydrogen-bond donors (Lipinski definition) is 1. The summed E-state index contributed by atoms with van der Waals surface area (Å²) in [6.45, 7) is 3.41. The molecule has 0 saturated heterocycles. The minimum absolute atomic E-state index is 0.146. The van der Waals surface area contributed by atoms with Gasteiger partial charge in [-0.2, -0.15) is 0 Å². The zero-order valence-electron chi connectivity index (χ0n) is 7.23. The van der Waals surface area contributed by atoms with Crippen LogP contribution in [-0.4, -0.2) is 23.5 Å². The zero-order chi connectivity index (χ0) is 10.4. The van der Waals surface area contributed by atoms with Crippen molar-refractivity contribution in [2.45, 2.75) is 31.4 Å². The van der Waals surface area contributed by atoms with Crippen molar-refractivity contribution in [2.75, 3.05) is 0 Å². The quantitative estimate of drug-likeness (QED) is 0.414. The van der Waals surface area contributed by atoms with Crippen LogP contribution in [0.3, 0.4) is 0 Å². The number of nitroso groups, excluding NO2 is 2. The Balaban J connectivity index is 4.31. The third kappa shape index (κ3) is 3.93. The Morgan fingerprint density at radius 2 is 1.85 bits per heavy atom. The topological polar surface area (TPSA) is 88.0 Å². The Kier molecular flexibility index (Phi) is 5.13. The lowest BCUT2D eigenvalue weighted by Crippen LogP contribution is -2.41. The largest absolute Gasteiger partial charge is 0.352 e. The number of carbonyl (C=O) groups is 1. The maximum atomic E-state index is 11.1. The highest BCUT2D eigenvalue weighted by Gasteiger charge is 2.29. The van der Waals surface area contributed by atoms with Gasteiger partial charge in [0.05, 0.1) is 0 Å². The van der Waals surface area contributed by atoms with Crippen molar-refractivity contribution in [1.29, 1.82) is 0 Å². The number of nitrogens with zero attached hydrogens (tertiary/aromatic N) is 2. The molecule has 1 amide bonds. The minimum atomic E-state index is -1.46. The van der Waals surface area contributed by atoms with Crippen molar-refractivity contribution >= 4 is 17.5 Å². The van der Waals surface area contributed by atoms with Crippen LogP contribution in [0.15, 0.2) is 10.4 Å². The molecule has 0 aliphatic rings. The summed E-state index contributed by atoms with van der Waals surface area (Å²) in [4.78, 5) is 31.2. The average Bonchev–Trinajstić information content (AvgIpc) is 2.03. The zero-order valence-corrected chi connectivity index (χ0v) is 7.99. The summed E-state index contributed by atoms with van der Waals surface area (Å²) in [5.41, 5.74) is -1.45. The van der Waals surface area contributed by atoms with E-state index in [0.29, 0.717) is 0 Å². The first-order chi connectivity index (χ1) is 6.02. The van der Waals surface area contributed by atoms with E-state index in [2.05, 4.69) is 15.7 Å². The van der Waals surface area contributed by atoms with Crippen LogP contribution in [-0.2, 0) is 4.79 Å². The van der Waals surface area contributed by atoms with E-state index >= 15 is 0 Å². The fourth-order valence-electron chi connectivity index (χ4n) is 0.651. The normalized spacial score (nSPS) is 14.8. The number of carbonyl (C=O) groups excluding carboxylic acids is 1. The first kappa shape index (κ1) is 12.0. The predicted octanol–water partition coefficient (Wildman–Crippen LogP) is 0.977. The summed E-state index contributed by atoms with van der Waals surface area (Å²) in [6.07, 6.45) is 0. The van der Waals surface area contributed by atoms with E-state index < -0.39 is 17.5 Å². The van der Waals surface area contributed by atoms with Gasteiger partial charge in [-0.1, -0.05) is 16.8 Å². The molecule has 0 aromatic heterocycles. The molecular formula is C6H10ClN3O3. The van der Waals surface area contributed by atoms with Crippen molar-refractivity contribution < 1.29 is 4.79 Å². The highest BCUT2D eigenvalue weighted by Crippen LogP contribution is 2.08. The van der Waals surface area contributed by atoms with Crippen LogP contribution in [0.4, 0.5) is 0 Å². The predicted molar refractivity (Wildman–Crippen MR) is 48.3 cm³/mol. The van der Waals surface area contributed by atoms with E-state index in [1.807, 2.05) is 0 Å². The van der Waals surface area contributed by atoms with E-state index in [4.69, 9.17) is 11.6 Å². The minimum Gasteiger partial charge on any atom is -0.352 e. The van der Waals surface area contributed by atoms with Crippen molar-refractivity contribution in [2.24, 2.45) is 10.4 Å². The summed E-state index contributed by atoms with van der Waals surface area (Å²) in [5.74, 6) is -0.690. The molecule has 13 heavy (non-hydrogen) atoms. The van der Waals surface area contributed by atoms with Gasteiger partial charge in [0.15, 0.2) is 5.50 Å². The van der Waals surface area contributed by atoms with Crippen LogP contribution >= 0.6 is 11.6 Å². The number of amides is 1. The molecule has 0 aromatic carbocycles. The number of halogens is 1. The SMILES string of the molecule is CC(C)NC(=O)C(N=O)C(Cl)N=O. The number of alkyl halides is 1. The molecule has 0 fully saturated rings. The molecule has 0 aliphatic carbocycles. The first-order valence-electron chi connectivity index (χ1n) is 3.62. The van der Waals surface area contributed by atoms with Gasteiger partial charge in [0.2, 0.25) is 6.04 Å². The molecule has 2 unspecified atom stereocenters. The Morgan fingerprint density at radius 1 is 1.31 bits per heavy atom. The Labute approximate surface area is 80.0 Å². The lowest BCUT2D eigenvalue weighted by molar-refractivity contribution is -0.122. The second-order valence-corrected chi connectivity index (χ2v) is 3.14. The van der Waals surface area contributed by atoms with Gasteiger partial charge < -0.3 is 5.32 Å². The van der Waals surface area contributed by atoms with Crippen molar-refractivity contribution in [3.63, 3.8) is 0 Å². The van der Waals surface area contributed by atoms with Crippen LogP contribution < -0.4 is 5.32 Å². The van der Waals surface area contributed by atoms with Gasteiger partial charge in [-0.25, -0.2) is 0 Å². The number of hydrogen-bond acceptors (Lipinski definition) is 5. The molecule has 74 valence electrons. The monoisotopic (exact) mass is 207 g/mol. The Bertz CT molecular complexity index is 209. The van der Waals surface area contributed by atoms with E-state index in [1.54, 1.807) is 13.8 Å². The highest BCUT2D eigenvalue weighted by atomic mass is 35.5. The molecule has 0 aliphatic heterocycles. The summed E-state index contributed by atoms with van der Waals surface area (Å²) >= 11 is 5.28. The molecule has 2 atom stereocenters. The van der Waals surface area contributed by atoms with Crippen LogP contribution in [0, 0.1) is 9.81 Å². The summed E-state index contributed by atoms with van der Waals surface area (Å²) in [6, 6.07) is -1.60. The third-order valence-electron chi connectivity index (χ3n) is 1.17. The lowest BCUT2D eigenvalue weighted by atomic mass is 10.2. The van der Waals surface area contributed by atoms with Crippen molar-refractivity contribution in [3.8, 4) is 0 Å². The smallest absolute Gasteiger partial charge is 0.252 e. The summed E-state index contributed by atoms with van der Waals surface area (Å²) < 4.78 is 0. The molecule has 6 nitrogen and oxygen atoms in total. The van der Waals surface area contributed by atoms with Gasteiger partial charge in [-0.05, 0) is 19.0 Å². The third-order valence-corrected chi connectivity index (χ3v) is 1.49. The molecule has 0 rings (SSSR count). The lowest BCUT2D eigenvalue weighted by Gasteiger charge is -2.12. The van der Waals surface area contributed by atoms with Crippen molar-refractivity contribution in [1.82, 2.24) is 5.32 Å². The molecular weight excluding hydrogens is 198 g/mol. The van der Waals surface area contributed by atoms with E-state index in [9.17, 15) is 14.6 Å². The number of nitrogens with one attached hydrogen (secondary N) is 1. The molecule has 0 saturated carbocycles. The van der Waals surface area contributed by atoms with E-state index in [0.717, 1.165) is 0 Å². The molecule has 0 bridgehead atoms. The van der Waals surface area contributed by atoms with Gasteiger partial charge in [0, 0.05) is 6.04 Å². The highest BCUT2D eigenvalue weighted by molar-refractivity contribution is 6.22. The van der Waals surface area contributed by atoms with Crippen LogP contribution in [0.1, 0.15) is 13.8 Å². The maximum absolute atomic E-state index is 11.1. The summed E-state index contributed by atoms with van der Waals surface area (Å²) in [7, 11) is 0. The van der Waals surface area contributed by atoms with Gasteiger partial charge in [0.25, 0.3) is 5.91 Å². The summed E-state index contributed by atoms with van der Waals surface area (Å²) in [5, 5.41) is 7.17. The Hall–Kier alpha value is -1.04. The second-order valence-electron chi connectivity index (χ2n) is 2.69. The first-order valence-corrected chi connectivity index (χ1v) is 4.06. The molecule has 7 heteroatoms. The van der Waals surface area contributed by atoms with E-state index in [1.165, 1.54) is 0 Å². The second kappa shape index (κ2) is 5.58. The molecule has 0 spiro atoms.